The lowest BCUT2D eigenvalue weighted by molar-refractivity contribution is -0.133. The Kier molecular flexibility index (Phi) is 3.27. The Balaban J connectivity index is 2.08. The predicted octanol–water partition coefficient (Wildman–Crippen LogP) is -0.148. The number of rotatable bonds is 3. The van der Waals surface area contributed by atoms with Crippen LogP contribution >= 0.6 is 0 Å². The van der Waals surface area contributed by atoms with E-state index in [1.54, 1.807) is 7.11 Å². The molecule has 1 fully saturated rings. The van der Waals surface area contributed by atoms with Crippen molar-refractivity contribution in [3.05, 3.63) is 29.8 Å². The lowest BCUT2D eigenvalue weighted by Crippen LogP contribution is -2.56. The molecular formula is C12H14N2O3. The van der Waals surface area contributed by atoms with Crippen molar-refractivity contribution in [2.24, 2.45) is 0 Å². The zero-order chi connectivity index (χ0) is 12.3. The van der Waals surface area contributed by atoms with E-state index in [4.69, 9.17) is 4.74 Å². The molecule has 1 aliphatic rings. The Bertz CT molecular complexity index is 445. The number of benzene rings is 1. The topological polar surface area (TPSA) is 67.4 Å². The minimum Gasteiger partial charge on any atom is -0.497 e. The molecule has 1 aromatic carbocycles. The number of carbonyl (C=O) groups excluding carboxylic acids is 2. The fourth-order valence-electron chi connectivity index (χ4n) is 1.78. The van der Waals surface area contributed by atoms with Crippen LogP contribution in [0, 0.1) is 0 Å². The van der Waals surface area contributed by atoms with Gasteiger partial charge in [-0.1, -0.05) is 12.1 Å². The van der Waals surface area contributed by atoms with E-state index in [-0.39, 0.29) is 18.4 Å². The Labute approximate surface area is 99.2 Å². The zero-order valence-corrected chi connectivity index (χ0v) is 9.53. The third-order valence-corrected chi connectivity index (χ3v) is 2.65. The highest BCUT2D eigenvalue weighted by Crippen LogP contribution is 2.14. The van der Waals surface area contributed by atoms with Crippen molar-refractivity contribution in [1.29, 1.82) is 0 Å². The largest absolute Gasteiger partial charge is 0.497 e. The molecule has 5 heteroatoms. The van der Waals surface area contributed by atoms with Crippen LogP contribution in [0.4, 0.5) is 0 Å². The van der Waals surface area contributed by atoms with Crippen LogP contribution in [0.5, 0.6) is 5.75 Å². The average Bonchev–Trinajstić information content (AvgIpc) is 2.34. The summed E-state index contributed by atoms with van der Waals surface area (Å²) in [5, 5.41) is 5.21. The summed E-state index contributed by atoms with van der Waals surface area (Å²) in [6, 6.07) is 6.95. The average molecular weight is 234 g/mol. The normalized spacial score (nSPS) is 19.5. The highest BCUT2D eigenvalue weighted by Gasteiger charge is 2.25. The Morgan fingerprint density at radius 1 is 1.41 bits per heavy atom. The predicted molar refractivity (Wildman–Crippen MR) is 61.6 cm³/mol. The summed E-state index contributed by atoms with van der Waals surface area (Å²) in [5.74, 6) is 0.440. The van der Waals surface area contributed by atoms with E-state index in [0.29, 0.717) is 6.42 Å². The van der Waals surface area contributed by atoms with Gasteiger partial charge in [0.2, 0.25) is 11.8 Å². The molecule has 2 N–H and O–H groups in total. The van der Waals surface area contributed by atoms with Gasteiger partial charge < -0.3 is 15.4 Å². The Hall–Kier alpha value is -2.04. The van der Waals surface area contributed by atoms with Gasteiger partial charge in [-0.05, 0) is 17.7 Å². The van der Waals surface area contributed by atoms with Crippen molar-refractivity contribution >= 4 is 11.8 Å². The first kappa shape index (κ1) is 11.4. The molecule has 5 nitrogen and oxygen atoms in total. The van der Waals surface area contributed by atoms with Gasteiger partial charge in [-0.25, -0.2) is 0 Å². The van der Waals surface area contributed by atoms with E-state index >= 15 is 0 Å². The highest BCUT2D eigenvalue weighted by atomic mass is 16.5. The van der Waals surface area contributed by atoms with Gasteiger partial charge in [0, 0.05) is 6.42 Å². The number of methoxy groups -OCH3 is 1. The van der Waals surface area contributed by atoms with Crippen molar-refractivity contribution in [3.8, 4) is 5.75 Å². The summed E-state index contributed by atoms with van der Waals surface area (Å²) in [6.45, 7) is 0.0629. The van der Waals surface area contributed by atoms with Gasteiger partial charge in [-0.15, -0.1) is 0 Å². The smallest absolute Gasteiger partial charge is 0.243 e. The fourth-order valence-corrected chi connectivity index (χ4v) is 1.78. The summed E-state index contributed by atoms with van der Waals surface area (Å²) >= 11 is 0. The summed E-state index contributed by atoms with van der Waals surface area (Å²) in [4.78, 5) is 22.7. The van der Waals surface area contributed by atoms with Crippen molar-refractivity contribution in [2.45, 2.75) is 12.5 Å². The van der Waals surface area contributed by atoms with Crippen molar-refractivity contribution < 1.29 is 14.3 Å². The van der Waals surface area contributed by atoms with Gasteiger partial charge in [-0.3, -0.25) is 9.59 Å². The van der Waals surface area contributed by atoms with Gasteiger partial charge >= 0.3 is 0 Å². The maximum absolute atomic E-state index is 11.5. The second kappa shape index (κ2) is 4.86. The first-order chi connectivity index (χ1) is 8.19. The number of carbonyl (C=O) groups is 2. The Morgan fingerprint density at radius 2 is 2.24 bits per heavy atom. The van der Waals surface area contributed by atoms with Crippen LogP contribution in [0.25, 0.3) is 0 Å². The minimum absolute atomic E-state index is 0.0629. The quantitative estimate of drug-likeness (QED) is 0.764. The van der Waals surface area contributed by atoms with E-state index in [1.807, 2.05) is 24.3 Å². The third-order valence-electron chi connectivity index (χ3n) is 2.65. The molecule has 0 aliphatic carbocycles. The molecule has 1 saturated heterocycles. The van der Waals surface area contributed by atoms with E-state index < -0.39 is 6.04 Å². The van der Waals surface area contributed by atoms with E-state index in [0.717, 1.165) is 11.3 Å². The van der Waals surface area contributed by atoms with Gasteiger partial charge in [0.05, 0.1) is 13.7 Å². The fraction of sp³-hybridized carbons (Fsp3) is 0.333. The lowest BCUT2D eigenvalue weighted by atomic mass is 10.0. The monoisotopic (exact) mass is 234 g/mol. The van der Waals surface area contributed by atoms with E-state index in [1.165, 1.54) is 0 Å². The summed E-state index contributed by atoms with van der Waals surface area (Å²) in [7, 11) is 1.59. The van der Waals surface area contributed by atoms with Crippen LogP contribution in [0.1, 0.15) is 5.56 Å². The molecule has 2 rings (SSSR count). The molecule has 1 atom stereocenters. The van der Waals surface area contributed by atoms with Crippen LogP contribution in [-0.4, -0.2) is 31.5 Å². The van der Waals surface area contributed by atoms with E-state index in [9.17, 15) is 9.59 Å². The number of amides is 2. The van der Waals surface area contributed by atoms with Crippen LogP contribution in [0.2, 0.25) is 0 Å². The molecule has 90 valence electrons. The van der Waals surface area contributed by atoms with Gasteiger partial charge in [0.15, 0.2) is 0 Å². The van der Waals surface area contributed by atoms with Crippen LogP contribution in [-0.2, 0) is 16.0 Å². The second-order valence-corrected chi connectivity index (χ2v) is 3.89. The van der Waals surface area contributed by atoms with Crippen molar-refractivity contribution in [3.63, 3.8) is 0 Å². The lowest BCUT2D eigenvalue weighted by Gasteiger charge is -2.23. The summed E-state index contributed by atoms with van der Waals surface area (Å²) < 4.78 is 5.10. The number of hydrogen-bond acceptors (Lipinski definition) is 3. The molecule has 0 unspecified atom stereocenters. The molecule has 0 radical (unpaired) electrons. The van der Waals surface area contributed by atoms with Crippen LogP contribution < -0.4 is 15.4 Å². The first-order valence-electron chi connectivity index (χ1n) is 5.39. The number of piperazine rings is 1. The first-order valence-corrected chi connectivity index (χ1v) is 5.39. The summed E-state index contributed by atoms with van der Waals surface area (Å²) in [5.41, 5.74) is 0.951. The second-order valence-electron chi connectivity index (χ2n) is 3.89. The van der Waals surface area contributed by atoms with Gasteiger partial charge in [-0.2, -0.15) is 0 Å². The third kappa shape index (κ3) is 2.75. The number of ether oxygens (including phenoxy) is 1. The van der Waals surface area contributed by atoms with Crippen molar-refractivity contribution in [1.82, 2.24) is 10.6 Å². The SMILES string of the molecule is COc1cccc(C[C@@H]2NC(=O)CNC2=O)c1. The summed E-state index contributed by atoms with van der Waals surface area (Å²) in [6.07, 6.45) is 0.467. The van der Waals surface area contributed by atoms with E-state index in [2.05, 4.69) is 10.6 Å². The molecule has 0 spiro atoms. The molecule has 1 heterocycles. The minimum atomic E-state index is -0.497. The molecule has 2 amide bonds. The molecule has 17 heavy (non-hydrogen) atoms. The maximum atomic E-state index is 11.5. The molecular weight excluding hydrogens is 220 g/mol. The zero-order valence-electron chi connectivity index (χ0n) is 9.53. The Morgan fingerprint density at radius 3 is 3.00 bits per heavy atom. The standard InChI is InChI=1S/C12H14N2O3/c1-17-9-4-2-3-8(5-9)6-10-12(16)13-7-11(15)14-10/h2-5,10H,6-7H2,1H3,(H,13,16)(H,14,15)/t10-/m0/s1. The van der Waals surface area contributed by atoms with Crippen LogP contribution in [0.3, 0.4) is 0 Å². The molecule has 0 aromatic heterocycles. The molecule has 0 saturated carbocycles. The molecule has 0 bridgehead atoms. The van der Waals surface area contributed by atoms with Crippen molar-refractivity contribution in [2.75, 3.05) is 13.7 Å². The van der Waals surface area contributed by atoms with Crippen LogP contribution in [0.15, 0.2) is 24.3 Å². The number of nitrogens with one attached hydrogen (secondary N) is 2. The van der Waals surface area contributed by atoms with Gasteiger partial charge in [0.25, 0.3) is 0 Å². The number of hydrogen-bond donors (Lipinski definition) is 2. The molecule has 1 aliphatic heterocycles. The maximum Gasteiger partial charge on any atom is 0.243 e. The highest BCUT2D eigenvalue weighted by molar-refractivity contribution is 5.94. The van der Waals surface area contributed by atoms with Gasteiger partial charge in [0.1, 0.15) is 11.8 Å². The molecule has 1 aromatic rings.